The van der Waals surface area contributed by atoms with Crippen molar-refractivity contribution in [3.63, 3.8) is 0 Å². The maximum Gasteiger partial charge on any atom is 0.255 e. The molecule has 0 radical (unpaired) electrons. The van der Waals surface area contributed by atoms with E-state index in [0.29, 0.717) is 11.1 Å². The van der Waals surface area contributed by atoms with Gasteiger partial charge in [0.05, 0.1) is 23.4 Å². The summed E-state index contributed by atoms with van der Waals surface area (Å²) < 4.78 is 6.44. The Balaban J connectivity index is 1.38. The van der Waals surface area contributed by atoms with Crippen molar-refractivity contribution in [1.82, 2.24) is 20.4 Å². The summed E-state index contributed by atoms with van der Waals surface area (Å²) in [5.74, 6) is -0.183. The molecule has 0 atom stereocenters. The molecule has 8 nitrogen and oxygen atoms in total. The number of nitrogens with zero attached hydrogens (tertiary/aromatic N) is 4. The third kappa shape index (κ3) is 3.11. The number of nitrogens with one attached hydrogen (secondary N) is 2. The summed E-state index contributed by atoms with van der Waals surface area (Å²) in [6.07, 6.45) is 0. The van der Waals surface area contributed by atoms with Gasteiger partial charge < -0.3 is 15.0 Å². The number of carbonyl (C=O) groups excluding carboxylic acids is 1. The zero-order valence-corrected chi connectivity index (χ0v) is 15.1. The lowest BCUT2D eigenvalue weighted by molar-refractivity contribution is 0.102. The van der Waals surface area contributed by atoms with Gasteiger partial charge in [-0.15, -0.1) is 0 Å². The summed E-state index contributed by atoms with van der Waals surface area (Å²) in [6, 6.07) is 11.0. The Labute approximate surface area is 158 Å². The fraction of sp³-hybridized carbons (Fsp3) is 0.222. The Hall–Kier alpha value is -3.04. The Morgan fingerprint density at radius 2 is 1.89 bits per heavy atom. The lowest BCUT2D eigenvalue weighted by atomic mass is 10.2. The summed E-state index contributed by atoms with van der Waals surface area (Å²) in [4.78, 5) is 19.5. The number of morpholine rings is 1. The molecule has 0 unspecified atom stereocenters. The molecule has 9 heteroatoms. The first-order chi connectivity index (χ1) is 13.3. The average Bonchev–Trinajstić information content (AvgIpc) is 3.34. The van der Waals surface area contributed by atoms with Crippen molar-refractivity contribution in [3.8, 4) is 0 Å². The SMILES string of the molecule is O=C(Nc1ccc2nc(N3CCOCC3)sc2c1)c1ccc2n[nH]nc2c1. The van der Waals surface area contributed by atoms with E-state index in [4.69, 9.17) is 9.72 Å². The lowest BCUT2D eigenvalue weighted by Gasteiger charge is -2.25. The summed E-state index contributed by atoms with van der Waals surface area (Å²) in [5.41, 5.74) is 3.60. The molecular formula is C18H16N6O2S. The number of aromatic amines is 1. The zero-order chi connectivity index (χ0) is 18.2. The van der Waals surface area contributed by atoms with Gasteiger partial charge in [-0.25, -0.2) is 4.98 Å². The monoisotopic (exact) mass is 380 g/mol. The number of hydrogen-bond donors (Lipinski definition) is 2. The van der Waals surface area contributed by atoms with Crippen LogP contribution < -0.4 is 10.2 Å². The molecule has 2 aromatic heterocycles. The zero-order valence-electron chi connectivity index (χ0n) is 14.3. The molecule has 0 saturated carbocycles. The highest BCUT2D eigenvalue weighted by molar-refractivity contribution is 7.22. The van der Waals surface area contributed by atoms with Gasteiger partial charge in [0.1, 0.15) is 11.0 Å². The van der Waals surface area contributed by atoms with E-state index in [1.54, 1.807) is 29.5 Å². The molecule has 2 N–H and O–H groups in total. The average molecular weight is 380 g/mol. The minimum absolute atomic E-state index is 0.183. The van der Waals surface area contributed by atoms with Gasteiger partial charge in [0.25, 0.3) is 5.91 Å². The Bertz CT molecular complexity index is 1130. The van der Waals surface area contributed by atoms with Gasteiger partial charge in [0, 0.05) is 24.3 Å². The van der Waals surface area contributed by atoms with Crippen LogP contribution in [0, 0.1) is 0 Å². The van der Waals surface area contributed by atoms with Gasteiger partial charge >= 0.3 is 0 Å². The second-order valence-electron chi connectivity index (χ2n) is 6.26. The number of anilines is 2. The van der Waals surface area contributed by atoms with Crippen molar-refractivity contribution < 1.29 is 9.53 Å². The van der Waals surface area contributed by atoms with Crippen LogP contribution in [-0.2, 0) is 4.74 Å². The summed E-state index contributed by atoms with van der Waals surface area (Å²) in [5, 5.41) is 14.5. The Morgan fingerprint density at radius 3 is 2.78 bits per heavy atom. The van der Waals surface area contributed by atoms with Crippen molar-refractivity contribution in [2.45, 2.75) is 0 Å². The largest absolute Gasteiger partial charge is 0.378 e. The lowest BCUT2D eigenvalue weighted by Crippen LogP contribution is -2.36. The van der Waals surface area contributed by atoms with Crippen LogP contribution in [-0.4, -0.2) is 52.6 Å². The molecule has 1 aliphatic rings. The van der Waals surface area contributed by atoms with Crippen molar-refractivity contribution >= 4 is 49.3 Å². The van der Waals surface area contributed by atoms with Crippen LogP contribution in [0.4, 0.5) is 10.8 Å². The number of rotatable bonds is 3. The molecular weight excluding hydrogens is 364 g/mol. The molecule has 4 aromatic rings. The highest BCUT2D eigenvalue weighted by Crippen LogP contribution is 2.31. The van der Waals surface area contributed by atoms with Crippen molar-refractivity contribution in [2.24, 2.45) is 0 Å². The molecule has 0 spiro atoms. The van der Waals surface area contributed by atoms with Gasteiger partial charge in [0.15, 0.2) is 5.13 Å². The number of fused-ring (bicyclic) bond motifs is 2. The molecule has 5 rings (SSSR count). The van der Waals surface area contributed by atoms with Crippen LogP contribution in [0.1, 0.15) is 10.4 Å². The second-order valence-corrected chi connectivity index (χ2v) is 7.27. The van der Waals surface area contributed by atoms with Crippen LogP contribution >= 0.6 is 11.3 Å². The standard InChI is InChI=1S/C18H16N6O2S/c25-17(11-1-3-13-15(9-11)22-23-21-13)19-12-2-4-14-16(10-12)27-18(20-14)24-5-7-26-8-6-24/h1-4,9-10H,5-8H2,(H,19,25)(H,21,22,23). The van der Waals surface area contributed by atoms with E-state index in [1.165, 1.54) is 0 Å². The number of ether oxygens (including phenoxy) is 1. The Kier molecular flexibility index (Phi) is 3.95. The fourth-order valence-electron chi connectivity index (χ4n) is 3.06. The van der Waals surface area contributed by atoms with Gasteiger partial charge in [-0.2, -0.15) is 15.4 Å². The highest BCUT2D eigenvalue weighted by Gasteiger charge is 2.16. The number of hydrogen-bond acceptors (Lipinski definition) is 7. The quantitative estimate of drug-likeness (QED) is 0.567. The van der Waals surface area contributed by atoms with E-state index >= 15 is 0 Å². The molecule has 27 heavy (non-hydrogen) atoms. The number of thiazole rings is 1. The molecule has 3 heterocycles. The number of carbonyl (C=O) groups is 1. The minimum atomic E-state index is -0.183. The molecule has 2 aromatic carbocycles. The van der Waals surface area contributed by atoms with Crippen LogP contribution in [0.2, 0.25) is 0 Å². The van der Waals surface area contributed by atoms with E-state index in [9.17, 15) is 4.79 Å². The number of aromatic nitrogens is 4. The first kappa shape index (κ1) is 16.2. The summed E-state index contributed by atoms with van der Waals surface area (Å²) >= 11 is 1.63. The minimum Gasteiger partial charge on any atom is -0.378 e. The molecule has 1 fully saturated rings. The smallest absolute Gasteiger partial charge is 0.255 e. The number of amides is 1. The normalized spacial score (nSPS) is 14.7. The molecule has 136 valence electrons. The second kappa shape index (κ2) is 6.60. The third-order valence-electron chi connectivity index (χ3n) is 4.50. The molecule has 1 aliphatic heterocycles. The summed E-state index contributed by atoms with van der Waals surface area (Å²) in [7, 11) is 0. The van der Waals surface area contributed by atoms with E-state index in [0.717, 1.165) is 52.9 Å². The first-order valence-electron chi connectivity index (χ1n) is 8.61. The number of H-pyrrole nitrogens is 1. The van der Waals surface area contributed by atoms with Crippen LogP contribution in [0.15, 0.2) is 36.4 Å². The molecule has 1 saturated heterocycles. The van der Waals surface area contributed by atoms with E-state index in [2.05, 4.69) is 25.6 Å². The van der Waals surface area contributed by atoms with Crippen molar-refractivity contribution in [1.29, 1.82) is 0 Å². The van der Waals surface area contributed by atoms with Gasteiger partial charge in [-0.05, 0) is 36.4 Å². The maximum atomic E-state index is 12.6. The van der Waals surface area contributed by atoms with Gasteiger partial charge in [-0.3, -0.25) is 4.79 Å². The molecule has 0 bridgehead atoms. The summed E-state index contributed by atoms with van der Waals surface area (Å²) in [6.45, 7) is 3.17. The first-order valence-corrected chi connectivity index (χ1v) is 9.43. The van der Waals surface area contributed by atoms with E-state index in [1.807, 2.05) is 18.2 Å². The maximum absolute atomic E-state index is 12.6. The van der Waals surface area contributed by atoms with Crippen LogP contribution in [0.25, 0.3) is 21.3 Å². The number of benzene rings is 2. The third-order valence-corrected chi connectivity index (χ3v) is 5.57. The Morgan fingerprint density at radius 1 is 1.07 bits per heavy atom. The van der Waals surface area contributed by atoms with Crippen molar-refractivity contribution in [3.05, 3.63) is 42.0 Å². The molecule has 0 aliphatic carbocycles. The van der Waals surface area contributed by atoms with E-state index < -0.39 is 0 Å². The predicted octanol–water partition coefficient (Wildman–Crippen LogP) is 2.66. The van der Waals surface area contributed by atoms with Crippen LogP contribution in [0.3, 0.4) is 0 Å². The fourth-order valence-corrected chi connectivity index (χ4v) is 4.12. The van der Waals surface area contributed by atoms with Gasteiger partial charge in [0.2, 0.25) is 0 Å². The predicted molar refractivity (Wildman–Crippen MR) is 104 cm³/mol. The van der Waals surface area contributed by atoms with Crippen molar-refractivity contribution in [2.75, 3.05) is 36.5 Å². The topological polar surface area (TPSA) is 96.0 Å². The van der Waals surface area contributed by atoms with Gasteiger partial charge in [-0.1, -0.05) is 11.3 Å². The highest BCUT2D eigenvalue weighted by atomic mass is 32.1. The van der Waals surface area contributed by atoms with Crippen LogP contribution in [0.5, 0.6) is 0 Å². The van der Waals surface area contributed by atoms with E-state index in [-0.39, 0.29) is 5.91 Å². The molecule has 1 amide bonds.